The predicted octanol–water partition coefficient (Wildman–Crippen LogP) is 4.26. The molecule has 2 heterocycles. The SMILES string of the molecule is Fc1ccc(C(C2=CNC3C=CC=CC23)C2=C3C=CCCC3NC2)cc1F. The number of fused-ring (bicyclic) bond motifs is 2. The minimum atomic E-state index is -0.799. The summed E-state index contributed by atoms with van der Waals surface area (Å²) in [4.78, 5) is 0. The van der Waals surface area contributed by atoms with Crippen LogP contribution >= 0.6 is 0 Å². The van der Waals surface area contributed by atoms with E-state index >= 15 is 0 Å². The van der Waals surface area contributed by atoms with Gasteiger partial charge in [0.2, 0.25) is 0 Å². The Morgan fingerprint density at radius 2 is 1.96 bits per heavy atom. The topological polar surface area (TPSA) is 24.1 Å². The van der Waals surface area contributed by atoms with Crippen LogP contribution in [0.1, 0.15) is 24.3 Å². The summed E-state index contributed by atoms with van der Waals surface area (Å²) < 4.78 is 27.7. The van der Waals surface area contributed by atoms with Crippen molar-refractivity contribution in [3.8, 4) is 0 Å². The van der Waals surface area contributed by atoms with Crippen molar-refractivity contribution in [2.75, 3.05) is 6.54 Å². The molecule has 27 heavy (non-hydrogen) atoms. The second kappa shape index (κ2) is 6.61. The molecule has 1 aromatic carbocycles. The fraction of sp³-hybridized carbons (Fsp3) is 0.304. The number of hydrogen-bond donors (Lipinski definition) is 2. The lowest BCUT2D eigenvalue weighted by molar-refractivity contribution is 0.506. The van der Waals surface area contributed by atoms with Crippen molar-refractivity contribution < 1.29 is 8.78 Å². The van der Waals surface area contributed by atoms with E-state index in [0.29, 0.717) is 6.04 Å². The van der Waals surface area contributed by atoms with Gasteiger partial charge in [0.15, 0.2) is 11.6 Å². The first-order valence-electron chi connectivity index (χ1n) is 9.61. The van der Waals surface area contributed by atoms with Crippen molar-refractivity contribution in [2.45, 2.75) is 30.8 Å². The van der Waals surface area contributed by atoms with Gasteiger partial charge in [0, 0.05) is 24.4 Å². The Labute approximate surface area is 158 Å². The molecular weight excluding hydrogens is 342 g/mol. The molecule has 0 aromatic heterocycles. The van der Waals surface area contributed by atoms with E-state index in [2.05, 4.69) is 53.3 Å². The lowest BCUT2D eigenvalue weighted by Crippen LogP contribution is -2.27. The molecule has 1 aromatic rings. The normalized spacial score (nSPS) is 29.4. The summed E-state index contributed by atoms with van der Waals surface area (Å²) >= 11 is 0. The molecule has 0 bridgehead atoms. The molecule has 0 fully saturated rings. The third-order valence-corrected chi connectivity index (χ3v) is 6.13. The van der Waals surface area contributed by atoms with Crippen molar-refractivity contribution in [1.82, 2.24) is 10.6 Å². The molecule has 4 atom stereocenters. The van der Waals surface area contributed by atoms with Gasteiger partial charge in [0.05, 0.1) is 6.04 Å². The molecule has 0 amide bonds. The second-order valence-corrected chi connectivity index (χ2v) is 7.63. The van der Waals surface area contributed by atoms with Crippen LogP contribution in [0.15, 0.2) is 77.6 Å². The van der Waals surface area contributed by atoms with Crippen molar-refractivity contribution in [3.05, 3.63) is 94.8 Å². The molecule has 2 aliphatic heterocycles. The van der Waals surface area contributed by atoms with Gasteiger partial charge in [-0.2, -0.15) is 0 Å². The van der Waals surface area contributed by atoms with Crippen LogP contribution in [0, 0.1) is 17.6 Å². The molecule has 0 saturated carbocycles. The van der Waals surface area contributed by atoms with Crippen LogP contribution in [0.25, 0.3) is 0 Å². The van der Waals surface area contributed by atoms with Crippen LogP contribution in [0.3, 0.4) is 0 Å². The maximum absolute atomic E-state index is 14.1. The first kappa shape index (κ1) is 16.7. The molecular formula is C23H22F2N2. The second-order valence-electron chi connectivity index (χ2n) is 7.63. The average Bonchev–Trinajstić information content (AvgIpc) is 3.30. The summed E-state index contributed by atoms with van der Waals surface area (Å²) in [5, 5.41) is 7.06. The Bertz CT molecular complexity index is 922. The number of halogens is 2. The van der Waals surface area contributed by atoms with Crippen molar-refractivity contribution >= 4 is 0 Å². The molecule has 2 nitrogen and oxygen atoms in total. The van der Waals surface area contributed by atoms with Gasteiger partial charge in [-0.1, -0.05) is 42.5 Å². The summed E-state index contributed by atoms with van der Waals surface area (Å²) in [6.45, 7) is 0.780. The van der Waals surface area contributed by atoms with Gasteiger partial charge >= 0.3 is 0 Å². The van der Waals surface area contributed by atoms with Gasteiger partial charge < -0.3 is 10.6 Å². The highest BCUT2D eigenvalue weighted by Crippen LogP contribution is 2.44. The van der Waals surface area contributed by atoms with Gasteiger partial charge in [0.25, 0.3) is 0 Å². The highest BCUT2D eigenvalue weighted by molar-refractivity contribution is 5.51. The molecule has 5 rings (SSSR count). The van der Waals surface area contributed by atoms with Gasteiger partial charge in [0.1, 0.15) is 0 Å². The summed E-state index contributed by atoms with van der Waals surface area (Å²) in [6.07, 6.45) is 17.2. The largest absolute Gasteiger partial charge is 0.384 e. The monoisotopic (exact) mass is 364 g/mol. The minimum Gasteiger partial charge on any atom is -0.384 e. The third kappa shape index (κ3) is 2.79. The zero-order valence-corrected chi connectivity index (χ0v) is 15.0. The first-order chi connectivity index (χ1) is 13.2. The van der Waals surface area contributed by atoms with Crippen LogP contribution in [-0.4, -0.2) is 18.6 Å². The lowest BCUT2D eigenvalue weighted by Gasteiger charge is -2.27. The molecule has 2 N–H and O–H groups in total. The maximum atomic E-state index is 14.1. The van der Waals surface area contributed by atoms with Gasteiger partial charge in [-0.05, 0) is 53.5 Å². The van der Waals surface area contributed by atoms with E-state index in [0.717, 1.165) is 24.9 Å². The number of hydrogen-bond acceptors (Lipinski definition) is 2. The summed E-state index contributed by atoms with van der Waals surface area (Å²) in [7, 11) is 0. The Hall–Kier alpha value is -2.46. The molecule has 4 unspecified atom stereocenters. The Morgan fingerprint density at radius 1 is 1.07 bits per heavy atom. The van der Waals surface area contributed by atoms with E-state index in [1.54, 1.807) is 6.07 Å². The number of benzene rings is 1. The van der Waals surface area contributed by atoms with E-state index in [1.807, 2.05) is 0 Å². The van der Waals surface area contributed by atoms with E-state index in [1.165, 1.54) is 28.9 Å². The van der Waals surface area contributed by atoms with Crippen LogP contribution in [0.2, 0.25) is 0 Å². The zero-order chi connectivity index (χ0) is 18.4. The molecule has 4 heteroatoms. The van der Waals surface area contributed by atoms with E-state index < -0.39 is 11.6 Å². The van der Waals surface area contributed by atoms with E-state index in [4.69, 9.17) is 0 Å². The highest BCUT2D eigenvalue weighted by Gasteiger charge is 2.38. The average molecular weight is 364 g/mol. The number of nitrogens with one attached hydrogen (secondary N) is 2. The van der Waals surface area contributed by atoms with Gasteiger partial charge in [-0.15, -0.1) is 0 Å². The highest BCUT2D eigenvalue weighted by atomic mass is 19.2. The molecule has 2 aliphatic carbocycles. The van der Waals surface area contributed by atoms with Crippen LogP contribution < -0.4 is 10.6 Å². The molecule has 0 spiro atoms. The molecule has 138 valence electrons. The standard InChI is InChI=1S/C23H22F2N2/c24-19-10-9-14(11-20(19)25)23(17-12-26-21-7-3-1-5-15(17)21)18-13-27-22-8-4-2-6-16(18)22/h1-3,5-7,9-12,15,21-23,26-27H,4,8,13H2. The summed E-state index contributed by atoms with van der Waals surface area (Å²) in [5.41, 5.74) is 4.62. The number of allylic oxidation sites excluding steroid dienone is 3. The summed E-state index contributed by atoms with van der Waals surface area (Å²) in [6, 6.07) is 4.94. The Kier molecular flexibility index (Phi) is 4.09. The molecule has 4 aliphatic rings. The Morgan fingerprint density at radius 3 is 2.85 bits per heavy atom. The van der Waals surface area contributed by atoms with Crippen molar-refractivity contribution in [3.63, 3.8) is 0 Å². The third-order valence-electron chi connectivity index (χ3n) is 6.13. The number of rotatable bonds is 3. The fourth-order valence-electron chi connectivity index (χ4n) is 4.83. The zero-order valence-electron chi connectivity index (χ0n) is 15.0. The van der Waals surface area contributed by atoms with Gasteiger partial charge in [-0.3, -0.25) is 0 Å². The van der Waals surface area contributed by atoms with Crippen molar-refractivity contribution in [1.29, 1.82) is 0 Å². The first-order valence-corrected chi connectivity index (χ1v) is 9.61. The van der Waals surface area contributed by atoms with Crippen LogP contribution in [-0.2, 0) is 0 Å². The van der Waals surface area contributed by atoms with Crippen molar-refractivity contribution in [2.24, 2.45) is 5.92 Å². The van der Waals surface area contributed by atoms with E-state index in [-0.39, 0.29) is 17.9 Å². The summed E-state index contributed by atoms with van der Waals surface area (Å²) in [5.74, 6) is -1.42. The van der Waals surface area contributed by atoms with Gasteiger partial charge in [-0.25, -0.2) is 8.78 Å². The Balaban J connectivity index is 1.63. The molecule has 0 radical (unpaired) electrons. The lowest BCUT2D eigenvalue weighted by atomic mass is 9.75. The van der Waals surface area contributed by atoms with Crippen LogP contribution in [0.4, 0.5) is 8.78 Å². The van der Waals surface area contributed by atoms with Crippen LogP contribution in [0.5, 0.6) is 0 Å². The smallest absolute Gasteiger partial charge is 0.159 e. The minimum absolute atomic E-state index is 0.0611. The molecule has 0 saturated heterocycles. The predicted molar refractivity (Wildman–Crippen MR) is 103 cm³/mol. The quantitative estimate of drug-likeness (QED) is 0.837. The van der Waals surface area contributed by atoms with E-state index in [9.17, 15) is 8.78 Å². The fourth-order valence-corrected chi connectivity index (χ4v) is 4.83. The maximum Gasteiger partial charge on any atom is 0.159 e.